The average molecular weight is 328 g/mol. The van der Waals surface area contributed by atoms with Gasteiger partial charge < -0.3 is 0 Å². The molecule has 1 atom stereocenters. The molecule has 0 radical (unpaired) electrons. The molecule has 0 aliphatic rings. The Hall–Kier alpha value is -0.400. The monoisotopic (exact) mass is 328 g/mol. The predicted molar refractivity (Wildman–Crippen MR) is 80.0 cm³/mol. The van der Waals surface area contributed by atoms with Gasteiger partial charge >= 0.3 is 0 Å². The maximum Gasteiger partial charge on any atom is -0.00602 e. The third kappa shape index (κ3) is 4.31. The zero-order valence-electron chi connectivity index (χ0n) is 8.39. The van der Waals surface area contributed by atoms with Crippen LogP contribution in [-0.2, 0) is 6.16 Å². The highest BCUT2D eigenvalue weighted by Gasteiger charge is 1.92. The van der Waals surface area contributed by atoms with E-state index in [9.17, 15) is 0 Å². The smallest absolute Gasteiger partial charge is 0.00602 e. The fourth-order valence-corrected chi connectivity index (χ4v) is 2.43. The summed E-state index contributed by atoms with van der Waals surface area (Å²) in [6.45, 7) is 0. The van der Waals surface area contributed by atoms with Crippen LogP contribution in [0.5, 0.6) is 0 Å². The van der Waals surface area contributed by atoms with Crippen molar-refractivity contribution < 1.29 is 0 Å². The molecule has 0 aromatic heterocycles. The molecular weight excluding hydrogens is 314 g/mol. The van der Waals surface area contributed by atoms with Gasteiger partial charge in [0, 0.05) is 0 Å². The highest BCUT2D eigenvalue weighted by molar-refractivity contribution is 14.0. The zero-order chi connectivity index (χ0) is 9.64. The van der Waals surface area contributed by atoms with E-state index in [1.54, 1.807) is 0 Å². The Bertz CT molecular complexity index is 333. The summed E-state index contributed by atoms with van der Waals surface area (Å²) < 4.78 is 0. The lowest BCUT2D eigenvalue weighted by molar-refractivity contribution is 1.41. The lowest BCUT2D eigenvalue weighted by Crippen LogP contribution is -1.92. The van der Waals surface area contributed by atoms with E-state index in [0.29, 0.717) is 0 Å². The number of hydrogen-bond acceptors (Lipinski definition) is 0. The average Bonchev–Trinajstić information content (AvgIpc) is 2.29. The van der Waals surface area contributed by atoms with Crippen LogP contribution in [0, 0.1) is 0 Å². The van der Waals surface area contributed by atoms with Gasteiger partial charge in [-0.05, 0) is 17.0 Å². The molecule has 2 heteroatoms. The molecule has 0 saturated carbocycles. The minimum absolute atomic E-state index is 0. The number of benzene rings is 2. The Morgan fingerprint density at radius 2 is 1.27 bits per heavy atom. The van der Waals surface area contributed by atoms with E-state index < -0.39 is 0 Å². The Kier molecular flexibility index (Phi) is 5.89. The van der Waals surface area contributed by atoms with Crippen molar-refractivity contribution in [1.29, 1.82) is 0 Å². The van der Waals surface area contributed by atoms with Gasteiger partial charge in [0.2, 0.25) is 0 Å². The van der Waals surface area contributed by atoms with Crippen LogP contribution in [0.1, 0.15) is 5.56 Å². The minimum Gasteiger partial charge on any atom is -0.107 e. The van der Waals surface area contributed by atoms with Gasteiger partial charge in [0.25, 0.3) is 0 Å². The quantitative estimate of drug-likeness (QED) is 0.594. The summed E-state index contributed by atoms with van der Waals surface area (Å²) in [5.74, 6) is 0. The lowest BCUT2D eigenvalue weighted by atomic mass is 10.2. The van der Waals surface area contributed by atoms with Gasteiger partial charge in [0.1, 0.15) is 0 Å². The lowest BCUT2D eigenvalue weighted by Gasteiger charge is -2.01. The van der Waals surface area contributed by atoms with Crippen LogP contribution >= 0.6 is 32.6 Å². The first-order valence-corrected chi connectivity index (χ1v) is 5.99. The van der Waals surface area contributed by atoms with Crippen LogP contribution in [-0.4, -0.2) is 0 Å². The Morgan fingerprint density at radius 3 is 1.87 bits per heavy atom. The molecule has 2 aromatic rings. The highest BCUT2D eigenvalue weighted by atomic mass is 127. The Labute approximate surface area is 110 Å². The summed E-state index contributed by atoms with van der Waals surface area (Å²) in [6.07, 6.45) is 1.16. The second-order valence-corrected chi connectivity index (χ2v) is 4.49. The summed E-state index contributed by atoms with van der Waals surface area (Å²) in [6, 6.07) is 21.3. The first-order valence-electron chi connectivity index (χ1n) is 4.78. The van der Waals surface area contributed by atoms with Gasteiger partial charge in [-0.3, -0.25) is 0 Å². The Morgan fingerprint density at radius 1 is 0.733 bits per heavy atom. The van der Waals surface area contributed by atoms with Crippen LogP contribution < -0.4 is 5.30 Å². The van der Waals surface area contributed by atoms with Crippen molar-refractivity contribution >= 4 is 37.9 Å². The van der Waals surface area contributed by atoms with Crippen molar-refractivity contribution in [3.63, 3.8) is 0 Å². The van der Waals surface area contributed by atoms with Crippen molar-refractivity contribution in [2.45, 2.75) is 6.16 Å². The third-order valence-electron chi connectivity index (χ3n) is 2.11. The summed E-state index contributed by atoms with van der Waals surface area (Å²) in [7, 11) is 0.882. The molecule has 0 aliphatic carbocycles. The van der Waals surface area contributed by atoms with Crippen molar-refractivity contribution in [3.8, 4) is 0 Å². The second kappa shape index (κ2) is 6.97. The van der Waals surface area contributed by atoms with Crippen molar-refractivity contribution in [2.75, 3.05) is 0 Å². The van der Waals surface area contributed by atoms with Crippen LogP contribution in [0.15, 0.2) is 60.7 Å². The van der Waals surface area contributed by atoms with Crippen LogP contribution in [0.4, 0.5) is 0 Å². The molecule has 0 heterocycles. The normalized spacial score (nSPS) is 10.1. The molecule has 15 heavy (non-hydrogen) atoms. The SMILES string of the molecule is I.c1ccc(CPc2ccccc2)cc1. The van der Waals surface area contributed by atoms with Gasteiger partial charge in [-0.25, -0.2) is 0 Å². The van der Waals surface area contributed by atoms with Gasteiger partial charge in [0.15, 0.2) is 0 Å². The maximum absolute atomic E-state index is 2.20. The molecule has 0 amide bonds. The van der Waals surface area contributed by atoms with Crippen LogP contribution in [0.2, 0.25) is 0 Å². The molecular formula is C13H14IP. The van der Waals surface area contributed by atoms with Crippen molar-refractivity contribution in [2.24, 2.45) is 0 Å². The molecule has 2 rings (SSSR count). The molecule has 0 spiro atoms. The fraction of sp³-hybridized carbons (Fsp3) is 0.0769. The third-order valence-corrected chi connectivity index (χ3v) is 3.44. The minimum atomic E-state index is 0. The Balaban J connectivity index is 0.00000112. The second-order valence-electron chi connectivity index (χ2n) is 3.21. The molecule has 0 aliphatic heterocycles. The maximum atomic E-state index is 2.20. The van der Waals surface area contributed by atoms with Gasteiger partial charge in [-0.1, -0.05) is 69.2 Å². The standard InChI is InChI=1S/C13H13P.HI/c1-3-7-12(8-4-1)11-14-13-9-5-2-6-10-13;/h1-10,14H,11H2;1H. The predicted octanol–water partition coefficient (Wildman–Crippen LogP) is 3.81. The summed E-state index contributed by atoms with van der Waals surface area (Å²) in [4.78, 5) is 0. The van der Waals surface area contributed by atoms with E-state index in [1.165, 1.54) is 10.9 Å². The molecule has 0 saturated heterocycles. The number of hydrogen-bond donors (Lipinski definition) is 0. The zero-order valence-corrected chi connectivity index (χ0v) is 11.7. The van der Waals surface area contributed by atoms with E-state index in [1.807, 2.05) is 0 Å². The van der Waals surface area contributed by atoms with Gasteiger partial charge in [-0.15, -0.1) is 24.0 Å². The summed E-state index contributed by atoms with van der Waals surface area (Å²) in [5.41, 5.74) is 1.43. The molecule has 0 N–H and O–H groups in total. The number of rotatable bonds is 3. The van der Waals surface area contributed by atoms with Gasteiger partial charge in [0.05, 0.1) is 0 Å². The molecule has 0 bridgehead atoms. The van der Waals surface area contributed by atoms with E-state index in [2.05, 4.69) is 60.7 Å². The number of halogens is 1. The summed E-state index contributed by atoms with van der Waals surface area (Å²) >= 11 is 0. The first kappa shape index (κ1) is 12.7. The first-order chi connectivity index (χ1) is 6.95. The van der Waals surface area contributed by atoms with Crippen molar-refractivity contribution in [1.82, 2.24) is 0 Å². The van der Waals surface area contributed by atoms with E-state index in [-0.39, 0.29) is 24.0 Å². The molecule has 0 fully saturated rings. The molecule has 2 aromatic carbocycles. The molecule has 0 nitrogen and oxygen atoms in total. The van der Waals surface area contributed by atoms with E-state index >= 15 is 0 Å². The van der Waals surface area contributed by atoms with Crippen LogP contribution in [0.3, 0.4) is 0 Å². The summed E-state index contributed by atoms with van der Waals surface area (Å²) in [5, 5.41) is 1.44. The fourth-order valence-electron chi connectivity index (χ4n) is 1.36. The van der Waals surface area contributed by atoms with Gasteiger partial charge in [-0.2, -0.15) is 0 Å². The highest BCUT2D eigenvalue weighted by Crippen LogP contribution is 2.17. The molecule has 1 unspecified atom stereocenters. The van der Waals surface area contributed by atoms with Crippen molar-refractivity contribution in [3.05, 3.63) is 66.2 Å². The molecule has 78 valence electrons. The van der Waals surface area contributed by atoms with Crippen LogP contribution in [0.25, 0.3) is 0 Å². The van der Waals surface area contributed by atoms with E-state index in [0.717, 1.165) is 14.7 Å². The van der Waals surface area contributed by atoms with E-state index in [4.69, 9.17) is 0 Å². The topological polar surface area (TPSA) is 0 Å². The largest absolute Gasteiger partial charge is 0.107 e.